The van der Waals surface area contributed by atoms with Gasteiger partial charge in [0.1, 0.15) is 11.6 Å². The van der Waals surface area contributed by atoms with Crippen LogP contribution in [0, 0.1) is 20.8 Å². The van der Waals surface area contributed by atoms with Crippen LogP contribution in [-0.4, -0.2) is 41.0 Å². The first kappa shape index (κ1) is 22.7. The summed E-state index contributed by atoms with van der Waals surface area (Å²) in [5.74, 6) is 1.72. The third kappa shape index (κ3) is 3.96. The Balaban J connectivity index is 1.52. The molecule has 0 atom stereocenters. The van der Waals surface area contributed by atoms with Gasteiger partial charge in [-0.3, -0.25) is 0 Å². The second-order valence-electron chi connectivity index (χ2n) is 9.07. The minimum Gasteiger partial charge on any atom is -0.496 e. The number of fused-ring (bicyclic) bond motifs is 1. The molecule has 0 aliphatic heterocycles. The maximum absolute atomic E-state index is 5.83. The molecule has 0 amide bonds. The number of rotatable bonds is 6. The van der Waals surface area contributed by atoms with Gasteiger partial charge in [-0.2, -0.15) is 10.2 Å². The Morgan fingerprint density at radius 2 is 1.76 bits per heavy atom. The second kappa shape index (κ2) is 9.05. The van der Waals surface area contributed by atoms with E-state index in [1.54, 1.807) is 13.3 Å². The molecule has 0 saturated heterocycles. The summed E-state index contributed by atoms with van der Waals surface area (Å²) in [6.45, 7) is 6.78. The topological polar surface area (TPSA) is 75.1 Å². The highest BCUT2D eigenvalue weighted by Crippen LogP contribution is 2.38. The molecule has 0 bridgehead atoms. The number of aryl methyl sites for hydroxylation is 3. The van der Waals surface area contributed by atoms with Crippen molar-refractivity contribution >= 4 is 5.65 Å². The molecule has 2 aromatic carbocycles. The molecule has 0 aliphatic rings. The molecule has 0 unspecified atom stereocenters. The largest absolute Gasteiger partial charge is 0.496 e. The number of ether oxygens (including phenoxy) is 1. The first-order chi connectivity index (χ1) is 18.0. The molecule has 0 spiro atoms. The number of benzene rings is 2. The molecule has 0 radical (unpaired) electrons. The molecule has 37 heavy (non-hydrogen) atoms. The van der Waals surface area contributed by atoms with Gasteiger partial charge in [0.25, 0.3) is 0 Å². The van der Waals surface area contributed by atoms with E-state index in [1.807, 2.05) is 66.8 Å². The fraction of sp³-hybridized carbons (Fsp3) is 0.172. The van der Waals surface area contributed by atoms with Crippen LogP contribution in [0.5, 0.6) is 5.75 Å². The second-order valence-corrected chi connectivity index (χ2v) is 9.07. The van der Waals surface area contributed by atoms with Crippen LogP contribution >= 0.6 is 0 Å². The van der Waals surface area contributed by atoms with Crippen molar-refractivity contribution in [3.05, 3.63) is 102 Å². The Labute approximate surface area is 214 Å². The van der Waals surface area contributed by atoms with Crippen LogP contribution in [0.15, 0.2) is 79.4 Å². The quantitative estimate of drug-likeness (QED) is 0.312. The zero-order valence-corrected chi connectivity index (χ0v) is 21.3. The summed E-state index contributed by atoms with van der Waals surface area (Å²) in [4.78, 5) is 9.32. The fourth-order valence-corrected chi connectivity index (χ4v) is 4.86. The maximum atomic E-state index is 5.83. The first-order valence-electron chi connectivity index (χ1n) is 12.1. The number of imidazole rings is 1. The van der Waals surface area contributed by atoms with Crippen LogP contribution in [0.1, 0.15) is 22.8 Å². The molecule has 6 rings (SSSR count). The van der Waals surface area contributed by atoms with Gasteiger partial charge >= 0.3 is 0 Å². The Kier molecular flexibility index (Phi) is 5.56. The average molecular weight is 490 g/mol. The van der Waals surface area contributed by atoms with Crippen LogP contribution in [0.3, 0.4) is 0 Å². The van der Waals surface area contributed by atoms with E-state index >= 15 is 0 Å². The van der Waals surface area contributed by atoms with Crippen molar-refractivity contribution in [2.24, 2.45) is 0 Å². The van der Waals surface area contributed by atoms with Gasteiger partial charge in [0.15, 0.2) is 5.65 Å². The summed E-state index contributed by atoms with van der Waals surface area (Å²) in [6, 6.07) is 18.5. The smallest absolute Gasteiger partial charge is 0.164 e. The minimum absolute atomic E-state index is 0.723. The predicted molar refractivity (Wildman–Crippen MR) is 143 cm³/mol. The van der Waals surface area contributed by atoms with Crippen molar-refractivity contribution in [3.63, 3.8) is 0 Å². The lowest BCUT2D eigenvalue weighted by atomic mass is 10.0. The maximum Gasteiger partial charge on any atom is 0.164 e. The van der Waals surface area contributed by atoms with E-state index in [9.17, 15) is 0 Å². The van der Waals surface area contributed by atoms with Crippen molar-refractivity contribution in [3.8, 4) is 33.8 Å². The number of nitrogens with zero attached hydrogens (tertiary/aromatic N) is 7. The molecular weight excluding hydrogens is 462 g/mol. The van der Waals surface area contributed by atoms with Crippen molar-refractivity contribution < 1.29 is 4.74 Å². The van der Waals surface area contributed by atoms with Crippen molar-refractivity contribution in [2.45, 2.75) is 27.3 Å². The highest BCUT2D eigenvalue weighted by atomic mass is 16.5. The number of aromatic nitrogens is 7. The van der Waals surface area contributed by atoms with Crippen LogP contribution in [0.4, 0.5) is 0 Å². The average Bonchev–Trinajstić information content (AvgIpc) is 3.65. The van der Waals surface area contributed by atoms with Crippen LogP contribution < -0.4 is 4.74 Å². The summed E-state index contributed by atoms with van der Waals surface area (Å²) >= 11 is 0. The molecule has 8 nitrogen and oxygen atoms in total. The first-order valence-corrected chi connectivity index (χ1v) is 12.1. The molecule has 4 aromatic heterocycles. The number of hydrogen-bond donors (Lipinski definition) is 0. The zero-order valence-electron chi connectivity index (χ0n) is 21.3. The van der Waals surface area contributed by atoms with Gasteiger partial charge in [-0.15, -0.1) is 0 Å². The van der Waals surface area contributed by atoms with Crippen LogP contribution in [0.25, 0.3) is 33.7 Å². The van der Waals surface area contributed by atoms with Crippen molar-refractivity contribution in [1.29, 1.82) is 0 Å². The van der Waals surface area contributed by atoms with Crippen LogP contribution in [0.2, 0.25) is 0 Å². The monoisotopic (exact) mass is 489 g/mol. The molecule has 0 N–H and O–H groups in total. The van der Waals surface area contributed by atoms with E-state index < -0.39 is 0 Å². The molecule has 0 saturated carbocycles. The predicted octanol–water partition coefficient (Wildman–Crippen LogP) is 5.43. The summed E-state index contributed by atoms with van der Waals surface area (Å²) in [7, 11) is 1.69. The lowest BCUT2D eigenvalue weighted by Gasteiger charge is -2.14. The van der Waals surface area contributed by atoms with Gasteiger partial charge in [-0.05, 0) is 50.6 Å². The Morgan fingerprint density at radius 3 is 2.51 bits per heavy atom. The van der Waals surface area contributed by atoms with Gasteiger partial charge in [0.05, 0.1) is 29.7 Å². The number of methoxy groups -OCH3 is 1. The Bertz CT molecular complexity index is 1730. The molecule has 6 aromatic rings. The normalized spacial score (nSPS) is 11.4. The zero-order chi connectivity index (χ0) is 25.5. The van der Waals surface area contributed by atoms with Gasteiger partial charge in [0.2, 0.25) is 0 Å². The highest BCUT2D eigenvalue weighted by Gasteiger charge is 2.21. The number of hydrogen-bond acceptors (Lipinski definition) is 5. The lowest BCUT2D eigenvalue weighted by molar-refractivity contribution is 0.416. The molecule has 8 heteroatoms. The summed E-state index contributed by atoms with van der Waals surface area (Å²) in [5.41, 5.74) is 8.72. The summed E-state index contributed by atoms with van der Waals surface area (Å²) in [6.07, 6.45) is 7.51. The molecular formula is C29H27N7O. The molecule has 184 valence electrons. The summed E-state index contributed by atoms with van der Waals surface area (Å²) < 4.78 is 11.8. The molecule has 4 heterocycles. The fourth-order valence-electron chi connectivity index (χ4n) is 4.86. The standard InChI is InChI=1S/C29H27N7O/c1-19-16-26(24-9-6-5-8-22(24)18-34-15-13-30-21(34)3)36-29(32-19)28(20(2)33-36)25-11-10-23(17-27(25)37-4)35-14-7-12-31-35/h5-17H,18H2,1-4H3. The molecule has 0 aliphatic carbocycles. The van der Waals surface area contributed by atoms with E-state index in [2.05, 4.69) is 51.0 Å². The van der Waals surface area contributed by atoms with E-state index in [4.69, 9.17) is 14.8 Å². The van der Waals surface area contributed by atoms with Gasteiger partial charge < -0.3 is 9.30 Å². The summed E-state index contributed by atoms with van der Waals surface area (Å²) in [5, 5.41) is 9.32. The highest BCUT2D eigenvalue weighted by molar-refractivity contribution is 5.86. The third-order valence-corrected chi connectivity index (χ3v) is 6.67. The van der Waals surface area contributed by atoms with Crippen molar-refractivity contribution in [1.82, 2.24) is 33.9 Å². The SMILES string of the molecule is COc1cc(-n2cccn2)ccc1-c1c(C)nn2c(-c3ccccc3Cn3ccnc3C)cc(C)nc12. The van der Waals surface area contributed by atoms with Gasteiger partial charge in [-0.1, -0.05) is 24.3 Å². The van der Waals surface area contributed by atoms with Gasteiger partial charge in [0, 0.05) is 54.2 Å². The molecule has 0 fully saturated rings. The Morgan fingerprint density at radius 1 is 0.892 bits per heavy atom. The van der Waals surface area contributed by atoms with E-state index in [0.717, 1.165) is 63.2 Å². The minimum atomic E-state index is 0.723. The third-order valence-electron chi connectivity index (χ3n) is 6.67. The Hall–Kier alpha value is -4.72. The van der Waals surface area contributed by atoms with Gasteiger partial charge in [-0.25, -0.2) is 19.2 Å². The van der Waals surface area contributed by atoms with Crippen LogP contribution in [-0.2, 0) is 6.54 Å². The van der Waals surface area contributed by atoms with E-state index in [1.165, 1.54) is 5.56 Å². The van der Waals surface area contributed by atoms with Crippen molar-refractivity contribution in [2.75, 3.05) is 7.11 Å². The lowest BCUT2D eigenvalue weighted by Crippen LogP contribution is -2.05. The van der Waals surface area contributed by atoms with E-state index in [0.29, 0.717) is 0 Å². The van der Waals surface area contributed by atoms with E-state index in [-0.39, 0.29) is 0 Å².